The number of hydrogen-bond acceptors (Lipinski definition) is 1. The summed E-state index contributed by atoms with van der Waals surface area (Å²) in [6.45, 7) is 2.01. The molecule has 1 atom stereocenters. The van der Waals surface area contributed by atoms with Gasteiger partial charge in [0.2, 0.25) is 0 Å². The van der Waals surface area contributed by atoms with E-state index in [1.807, 2.05) is 37.3 Å². The molecule has 4 heteroatoms. The van der Waals surface area contributed by atoms with E-state index in [9.17, 15) is 13.2 Å². The highest BCUT2D eigenvalue weighted by molar-refractivity contribution is 5.47. The average Bonchev–Trinajstić information content (AvgIpc) is 2.48. The number of benzene rings is 2. The molecule has 0 aliphatic rings. The zero-order valence-corrected chi connectivity index (χ0v) is 11.2. The highest BCUT2D eigenvalue weighted by Crippen LogP contribution is 2.27. The lowest BCUT2D eigenvalue weighted by molar-refractivity contribution is 0.448. The number of halogens is 3. The van der Waals surface area contributed by atoms with E-state index in [2.05, 4.69) is 5.32 Å². The fourth-order valence-electron chi connectivity index (χ4n) is 2.12. The van der Waals surface area contributed by atoms with Crippen molar-refractivity contribution >= 4 is 5.69 Å². The van der Waals surface area contributed by atoms with E-state index in [0.717, 1.165) is 24.5 Å². The smallest absolute Gasteiger partial charge is 0.196 e. The molecular formula is C16H16F3N. The van der Waals surface area contributed by atoms with Crippen molar-refractivity contribution in [3.8, 4) is 0 Å². The molecule has 2 aromatic carbocycles. The predicted molar refractivity (Wildman–Crippen MR) is 74.0 cm³/mol. The van der Waals surface area contributed by atoms with E-state index < -0.39 is 17.5 Å². The van der Waals surface area contributed by atoms with Crippen molar-refractivity contribution in [2.45, 2.75) is 25.8 Å². The molecule has 0 radical (unpaired) electrons. The van der Waals surface area contributed by atoms with Crippen molar-refractivity contribution in [3.05, 3.63) is 65.5 Å². The van der Waals surface area contributed by atoms with Crippen LogP contribution in [0.3, 0.4) is 0 Å². The first-order valence-electron chi connectivity index (χ1n) is 6.58. The molecule has 0 aliphatic carbocycles. The third-order valence-electron chi connectivity index (χ3n) is 3.14. The van der Waals surface area contributed by atoms with Crippen LogP contribution < -0.4 is 5.32 Å². The van der Waals surface area contributed by atoms with Gasteiger partial charge in [0.15, 0.2) is 17.5 Å². The second-order valence-corrected chi connectivity index (χ2v) is 4.62. The molecule has 0 aliphatic heterocycles. The minimum absolute atomic E-state index is 0.0220. The molecule has 0 aromatic heterocycles. The second-order valence-electron chi connectivity index (χ2n) is 4.62. The van der Waals surface area contributed by atoms with Gasteiger partial charge in [-0.05, 0) is 24.1 Å². The van der Waals surface area contributed by atoms with E-state index in [1.165, 1.54) is 6.07 Å². The Labute approximate surface area is 116 Å². The Morgan fingerprint density at radius 2 is 1.65 bits per heavy atom. The van der Waals surface area contributed by atoms with Gasteiger partial charge in [-0.15, -0.1) is 0 Å². The first-order chi connectivity index (χ1) is 9.63. The van der Waals surface area contributed by atoms with Crippen LogP contribution in [0, 0.1) is 17.5 Å². The molecular weight excluding hydrogens is 263 g/mol. The Morgan fingerprint density at radius 3 is 2.30 bits per heavy atom. The summed E-state index contributed by atoms with van der Waals surface area (Å²) < 4.78 is 39.9. The van der Waals surface area contributed by atoms with Gasteiger partial charge in [-0.25, -0.2) is 13.2 Å². The second kappa shape index (κ2) is 6.46. The van der Waals surface area contributed by atoms with Crippen LogP contribution in [0.1, 0.15) is 31.4 Å². The van der Waals surface area contributed by atoms with Crippen LogP contribution in [-0.4, -0.2) is 0 Å². The first-order valence-corrected chi connectivity index (χ1v) is 6.58. The van der Waals surface area contributed by atoms with Gasteiger partial charge in [-0.2, -0.15) is 0 Å². The van der Waals surface area contributed by atoms with Crippen LogP contribution >= 0.6 is 0 Å². The van der Waals surface area contributed by atoms with E-state index in [1.54, 1.807) is 0 Å². The van der Waals surface area contributed by atoms with E-state index in [0.29, 0.717) is 0 Å². The predicted octanol–water partition coefficient (Wildman–Crippen LogP) is 5.06. The molecule has 2 rings (SSSR count). The standard InChI is InChI=1S/C16H16F3N/c1-2-6-13(11-7-4-3-5-8-11)20-14-10-9-12(17)15(18)16(14)19/h3-5,7-10,13,20H,2,6H2,1H3. The molecule has 0 saturated heterocycles. The van der Waals surface area contributed by atoms with Crippen LogP contribution in [0.15, 0.2) is 42.5 Å². The molecule has 1 N–H and O–H groups in total. The zero-order valence-electron chi connectivity index (χ0n) is 11.2. The molecule has 20 heavy (non-hydrogen) atoms. The summed E-state index contributed by atoms with van der Waals surface area (Å²) in [5.74, 6) is -3.81. The fraction of sp³-hybridized carbons (Fsp3) is 0.250. The number of anilines is 1. The van der Waals surface area contributed by atoms with Crippen molar-refractivity contribution in [2.24, 2.45) is 0 Å². The maximum Gasteiger partial charge on any atom is 0.196 e. The summed E-state index contributed by atoms with van der Waals surface area (Å²) in [5, 5.41) is 2.95. The van der Waals surface area contributed by atoms with E-state index >= 15 is 0 Å². The SMILES string of the molecule is CCCC(Nc1ccc(F)c(F)c1F)c1ccccc1. The molecule has 0 spiro atoms. The normalized spacial score (nSPS) is 12.2. The minimum Gasteiger partial charge on any atom is -0.376 e. The monoisotopic (exact) mass is 279 g/mol. The maximum absolute atomic E-state index is 13.7. The molecule has 0 amide bonds. The topological polar surface area (TPSA) is 12.0 Å². The molecule has 0 fully saturated rings. The van der Waals surface area contributed by atoms with Gasteiger partial charge < -0.3 is 5.32 Å². The molecule has 2 aromatic rings. The van der Waals surface area contributed by atoms with Gasteiger partial charge in [-0.3, -0.25) is 0 Å². The highest BCUT2D eigenvalue weighted by Gasteiger charge is 2.17. The summed E-state index contributed by atoms with van der Waals surface area (Å²) in [6.07, 6.45) is 1.65. The van der Waals surface area contributed by atoms with E-state index in [4.69, 9.17) is 0 Å². The van der Waals surface area contributed by atoms with Crippen molar-refractivity contribution in [1.82, 2.24) is 0 Å². The number of nitrogens with one attached hydrogen (secondary N) is 1. The van der Waals surface area contributed by atoms with Crippen LogP contribution in [0.25, 0.3) is 0 Å². The van der Waals surface area contributed by atoms with Crippen molar-refractivity contribution < 1.29 is 13.2 Å². The lowest BCUT2D eigenvalue weighted by Gasteiger charge is -2.20. The molecule has 0 bridgehead atoms. The van der Waals surface area contributed by atoms with Gasteiger partial charge in [0.05, 0.1) is 11.7 Å². The number of hydrogen-bond donors (Lipinski definition) is 1. The molecule has 0 saturated carbocycles. The lowest BCUT2D eigenvalue weighted by atomic mass is 10.0. The highest BCUT2D eigenvalue weighted by atomic mass is 19.2. The third kappa shape index (κ3) is 3.13. The molecule has 0 heterocycles. The Balaban J connectivity index is 2.27. The maximum atomic E-state index is 13.7. The largest absolute Gasteiger partial charge is 0.376 e. The summed E-state index contributed by atoms with van der Waals surface area (Å²) >= 11 is 0. The first kappa shape index (κ1) is 14.4. The Kier molecular flexibility index (Phi) is 4.66. The summed E-state index contributed by atoms with van der Waals surface area (Å²) in [6, 6.07) is 11.5. The van der Waals surface area contributed by atoms with Crippen LogP contribution in [0.4, 0.5) is 18.9 Å². The molecule has 106 valence electrons. The fourth-order valence-corrected chi connectivity index (χ4v) is 2.12. The minimum atomic E-state index is -1.45. The summed E-state index contributed by atoms with van der Waals surface area (Å²) in [7, 11) is 0. The van der Waals surface area contributed by atoms with Gasteiger partial charge in [-0.1, -0.05) is 43.7 Å². The van der Waals surface area contributed by atoms with Gasteiger partial charge >= 0.3 is 0 Å². The number of rotatable bonds is 5. The summed E-state index contributed by atoms with van der Waals surface area (Å²) in [4.78, 5) is 0. The average molecular weight is 279 g/mol. The van der Waals surface area contributed by atoms with Crippen LogP contribution in [0.2, 0.25) is 0 Å². The van der Waals surface area contributed by atoms with Gasteiger partial charge in [0, 0.05) is 0 Å². The quantitative estimate of drug-likeness (QED) is 0.754. The van der Waals surface area contributed by atoms with E-state index in [-0.39, 0.29) is 11.7 Å². The zero-order chi connectivity index (χ0) is 14.5. The Hall–Kier alpha value is -1.97. The third-order valence-corrected chi connectivity index (χ3v) is 3.14. The summed E-state index contributed by atoms with van der Waals surface area (Å²) in [5.41, 5.74) is 0.963. The molecule has 1 unspecified atom stereocenters. The van der Waals surface area contributed by atoms with Gasteiger partial charge in [0.25, 0.3) is 0 Å². The Morgan fingerprint density at radius 1 is 0.950 bits per heavy atom. The van der Waals surface area contributed by atoms with Crippen molar-refractivity contribution in [2.75, 3.05) is 5.32 Å². The van der Waals surface area contributed by atoms with Crippen LogP contribution in [-0.2, 0) is 0 Å². The van der Waals surface area contributed by atoms with Gasteiger partial charge in [0.1, 0.15) is 0 Å². The van der Waals surface area contributed by atoms with Crippen molar-refractivity contribution in [1.29, 1.82) is 0 Å². The molecule has 1 nitrogen and oxygen atoms in total. The lowest BCUT2D eigenvalue weighted by Crippen LogP contribution is -2.12. The van der Waals surface area contributed by atoms with Crippen molar-refractivity contribution in [3.63, 3.8) is 0 Å². The van der Waals surface area contributed by atoms with Crippen LogP contribution in [0.5, 0.6) is 0 Å². The Bertz CT molecular complexity index is 569.